The van der Waals surface area contributed by atoms with E-state index in [1.165, 1.54) is 36.1 Å². The number of nitrogens with one attached hydrogen (secondary N) is 1. The third kappa shape index (κ3) is 1.44. The Morgan fingerprint density at radius 2 is 2.22 bits per heavy atom. The Balaban J connectivity index is 1.89. The molecular weight excluding hydrogens is 224 g/mol. The summed E-state index contributed by atoms with van der Waals surface area (Å²) in [7, 11) is 0. The summed E-state index contributed by atoms with van der Waals surface area (Å²) in [6, 6.07) is 6.67. The highest BCUT2D eigenvalue weighted by Gasteiger charge is 2.39. The fraction of sp³-hybridized carbons (Fsp3) is 0.600. The number of aliphatic hydroxyl groups is 1. The molecular formula is C15H20N2O. The summed E-state index contributed by atoms with van der Waals surface area (Å²) < 4.78 is 0. The first-order valence-corrected chi connectivity index (χ1v) is 7.12. The van der Waals surface area contributed by atoms with Crippen molar-refractivity contribution < 1.29 is 5.11 Å². The van der Waals surface area contributed by atoms with Crippen molar-refractivity contribution in [1.29, 1.82) is 0 Å². The molecule has 2 heterocycles. The molecule has 3 nitrogen and oxygen atoms in total. The minimum absolute atomic E-state index is 0.367. The minimum Gasteiger partial charge on any atom is -0.372 e. The Bertz CT molecular complexity index is 474. The molecule has 96 valence electrons. The minimum atomic E-state index is -0.367. The smallest absolute Gasteiger partial charge is 0.139 e. The van der Waals surface area contributed by atoms with Gasteiger partial charge in [-0.1, -0.05) is 24.6 Å². The number of aliphatic hydroxyl groups excluding tert-OH is 1. The standard InChI is InChI=1S/C15H20N2O/c18-14-8-16-7-10-3-1-6-13-12-5-2-4-11(12)9-17(14)15(10)13/h1,3,6,11-12,14,16,18H,2,4-5,7-9H2/t11-,12-,14?/m0/s1. The van der Waals surface area contributed by atoms with Crippen molar-refractivity contribution in [1.82, 2.24) is 5.32 Å². The summed E-state index contributed by atoms with van der Waals surface area (Å²) in [6.45, 7) is 2.59. The zero-order valence-electron chi connectivity index (χ0n) is 10.6. The van der Waals surface area contributed by atoms with Gasteiger partial charge in [0.05, 0.1) is 0 Å². The lowest BCUT2D eigenvalue weighted by Gasteiger charge is -2.40. The molecule has 1 saturated carbocycles. The van der Waals surface area contributed by atoms with Gasteiger partial charge >= 0.3 is 0 Å². The average Bonchev–Trinajstić information content (AvgIpc) is 2.79. The molecule has 1 fully saturated rings. The SMILES string of the molecule is OC1CNCc2cccc3c2N1C[C@@H]1CCC[C@H]31. The van der Waals surface area contributed by atoms with Gasteiger partial charge in [-0.2, -0.15) is 0 Å². The predicted octanol–water partition coefficient (Wildman–Crippen LogP) is 1.81. The molecule has 3 aliphatic rings. The van der Waals surface area contributed by atoms with Crippen molar-refractivity contribution in [3.05, 3.63) is 29.3 Å². The van der Waals surface area contributed by atoms with Crippen LogP contribution in [-0.4, -0.2) is 24.4 Å². The molecule has 0 bridgehead atoms. The van der Waals surface area contributed by atoms with Crippen LogP contribution in [0.2, 0.25) is 0 Å². The zero-order valence-corrected chi connectivity index (χ0v) is 10.6. The van der Waals surface area contributed by atoms with Gasteiger partial charge in [-0.3, -0.25) is 0 Å². The van der Waals surface area contributed by atoms with E-state index in [0.717, 1.165) is 24.9 Å². The van der Waals surface area contributed by atoms with Gasteiger partial charge in [-0.25, -0.2) is 0 Å². The van der Waals surface area contributed by atoms with E-state index >= 15 is 0 Å². The number of rotatable bonds is 0. The second-order valence-corrected chi connectivity index (χ2v) is 5.92. The molecule has 0 aromatic heterocycles. The Morgan fingerprint density at radius 1 is 1.28 bits per heavy atom. The monoisotopic (exact) mass is 244 g/mol. The van der Waals surface area contributed by atoms with Gasteiger partial charge in [0.15, 0.2) is 0 Å². The summed E-state index contributed by atoms with van der Waals surface area (Å²) in [6.07, 6.45) is 3.64. The van der Waals surface area contributed by atoms with Crippen LogP contribution in [0.5, 0.6) is 0 Å². The molecule has 1 unspecified atom stereocenters. The van der Waals surface area contributed by atoms with Crippen molar-refractivity contribution in [2.45, 2.75) is 38.0 Å². The van der Waals surface area contributed by atoms with Gasteiger partial charge in [-0.15, -0.1) is 0 Å². The van der Waals surface area contributed by atoms with Crippen LogP contribution in [0.15, 0.2) is 18.2 Å². The first-order chi connectivity index (χ1) is 8.84. The van der Waals surface area contributed by atoms with Gasteiger partial charge in [0, 0.05) is 25.3 Å². The van der Waals surface area contributed by atoms with Gasteiger partial charge < -0.3 is 15.3 Å². The average molecular weight is 244 g/mol. The summed E-state index contributed by atoms with van der Waals surface area (Å²) in [5, 5.41) is 13.7. The molecule has 0 spiro atoms. The molecule has 1 aromatic rings. The predicted molar refractivity (Wildman–Crippen MR) is 71.6 cm³/mol. The van der Waals surface area contributed by atoms with Crippen LogP contribution < -0.4 is 10.2 Å². The molecule has 2 aliphatic heterocycles. The van der Waals surface area contributed by atoms with E-state index in [1.807, 2.05) is 0 Å². The molecule has 0 saturated heterocycles. The first kappa shape index (κ1) is 10.8. The van der Waals surface area contributed by atoms with Crippen LogP contribution in [0.3, 0.4) is 0 Å². The quantitative estimate of drug-likeness (QED) is 0.730. The van der Waals surface area contributed by atoms with Crippen molar-refractivity contribution in [3.8, 4) is 0 Å². The number of benzene rings is 1. The topological polar surface area (TPSA) is 35.5 Å². The van der Waals surface area contributed by atoms with Crippen LogP contribution in [0.1, 0.15) is 36.3 Å². The molecule has 1 aromatic carbocycles. The maximum absolute atomic E-state index is 10.3. The van der Waals surface area contributed by atoms with Crippen molar-refractivity contribution in [2.24, 2.45) is 5.92 Å². The fourth-order valence-electron chi connectivity index (χ4n) is 4.13. The van der Waals surface area contributed by atoms with Crippen LogP contribution in [0.25, 0.3) is 0 Å². The second-order valence-electron chi connectivity index (χ2n) is 5.92. The second kappa shape index (κ2) is 3.97. The van der Waals surface area contributed by atoms with Crippen LogP contribution in [0, 0.1) is 5.92 Å². The summed E-state index contributed by atoms with van der Waals surface area (Å²) in [5.74, 6) is 1.49. The van der Waals surface area contributed by atoms with E-state index in [-0.39, 0.29) is 6.23 Å². The largest absolute Gasteiger partial charge is 0.372 e. The number of anilines is 1. The number of para-hydroxylation sites is 1. The number of hydrogen-bond acceptors (Lipinski definition) is 3. The first-order valence-electron chi connectivity index (χ1n) is 7.12. The molecule has 0 radical (unpaired) electrons. The van der Waals surface area contributed by atoms with E-state index in [2.05, 4.69) is 28.4 Å². The van der Waals surface area contributed by atoms with Gasteiger partial charge in [0.25, 0.3) is 0 Å². The van der Waals surface area contributed by atoms with Crippen molar-refractivity contribution >= 4 is 5.69 Å². The number of β-amino-alcohol motifs (C(OH)–C–C–N with tert-alkyl or cyclic N) is 1. The van der Waals surface area contributed by atoms with Crippen molar-refractivity contribution in [2.75, 3.05) is 18.0 Å². The number of hydrogen-bond donors (Lipinski definition) is 2. The lowest BCUT2D eigenvalue weighted by molar-refractivity contribution is 0.159. The van der Waals surface area contributed by atoms with E-state index in [9.17, 15) is 5.11 Å². The molecule has 2 N–H and O–H groups in total. The summed E-state index contributed by atoms with van der Waals surface area (Å²) >= 11 is 0. The summed E-state index contributed by atoms with van der Waals surface area (Å²) in [5.41, 5.74) is 4.18. The molecule has 4 rings (SSSR count). The van der Waals surface area contributed by atoms with E-state index in [4.69, 9.17) is 0 Å². The number of nitrogens with zero attached hydrogens (tertiary/aromatic N) is 1. The Hall–Kier alpha value is -1.06. The maximum atomic E-state index is 10.3. The zero-order chi connectivity index (χ0) is 12.1. The van der Waals surface area contributed by atoms with Gasteiger partial charge in [-0.05, 0) is 35.8 Å². The Morgan fingerprint density at radius 3 is 3.17 bits per heavy atom. The highest BCUT2D eigenvalue weighted by atomic mass is 16.3. The Labute approximate surface area is 108 Å². The fourth-order valence-corrected chi connectivity index (χ4v) is 4.13. The summed E-state index contributed by atoms with van der Waals surface area (Å²) in [4.78, 5) is 2.25. The highest BCUT2D eigenvalue weighted by Crippen LogP contribution is 2.49. The molecule has 3 atom stereocenters. The lowest BCUT2D eigenvalue weighted by Crippen LogP contribution is -2.45. The maximum Gasteiger partial charge on any atom is 0.139 e. The lowest BCUT2D eigenvalue weighted by atomic mass is 9.82. The van der Waals surface area contributed by atoms with Gasteiger partial charge in [0.2, 0.25) is 0 Å². The molecule has 3 heteroatoms. The number of fused-ring (bicyclic) bond motifs is 2. The van der Waals surface area contributed by atoms with Crippen LogP contribution >= 0.6 is 0 Å². The highest BCUT2D eigenvalue weighted by molar-refractivity contribution is 5.64. The van der Waals surface area contributed by atoms with Crippen molar-refractivity contribution in [3.63, 3.8) is 0 Å². The Kier molecular flexibility index (Phi) is 2.39. The molecule has 1 aliphatic carbocycles. The van der Waals surface area contributed by atoms with E-state index < -0.39 is 0 Å². The molecule has 18 heavy (non-hydrogen) atoms. The third-order valence-corrected chi connectivity index (χ3v) is 4.93. The molecule has 0 amide bonds. The van der Waals surface area contributed by atoms with E-state index in [1.54, 1.807) is 0 Å². The van der Waals surface area contributed by atoms with E-state index in [0.29, 0.717) is 6.54 Å². The van der Waals surface area contributed by atoms with Crippen LogP contribution in [0.4, 0.5) is 5.69 Å². The normalized spacial score (nSPS) is 33.8. The third-order valence-electron chi connectivity index (χ3n) is 4.93. The van der Waals surface area contributed by atoms with Crippen LogP contribution in [-0.2, 0) is 6.54 Å². The van der Waals surface area contributed by atoms with Gasteiger partial charge in [0.1, 0.15) is 6.23 Å².